The minimum atomic E-state index is -1.02. The monoisotopic (exact) mass is 466 g/mol. The van der Waals surface area contributed by atoms with E-state index in [1.165, 1.54) is 0 Å². The zero-order valence-electron chi connectivity index (χ0n) is 18.1. The Hall–Kier alpha value is -2.77. The molecule has 2 N–H and O–H groups in total. The van der Waals surface area contributed by atoms with Crippen molar-refractivity contribution in [3.05, 3.63) is 83.7 Å². The first-order valence-corrected chi connectivity index (χ1v) is 12.6. The lowest BCUT2D eigenvalue weighted by Crippen LogP contribution is -2.41. The van der Waals surface area contributed by atoms with Crippen LogP contribution >= 0.6 is 23.5 Å². The highest BCUT2D eigenvalue weighted by molar-refractivity contribution is 7.98. The Morgan fingerprint density at radius 1 is 1.09 bits per heavy atom. The summed E-state index contributed by atoms with van der Waals surface area (Å²) < 4.78 is 0. The fourth-order valence-electron chi connectivity index (χ4n) is 3.31. The molecule has 1 heterocycles. The fourth-order valence-corrected chi connectivity index (χ4v) is 4.60. The van der Waals surface area contributed by atoms with E-state index in [9.17, 15) is 14.7 Å². The molecular formula is C25H26N2O3S2. The number of aliphatic carboxylic acids is 1. The molecule has 166 valence electrons. The molecule has 32 heavy (non-hydrogen) atoms. The molecule has 0 aliphatic rings. The predicted molar refractivity (Wildman–Crippen MR) is 132 cm³/mol. The molecule has 0 unspecified atom stereocenters. The summed E-state index contributed by atoms with van der Waals surface area (Å²) in [5, 5.41) is 12.2. The van der Waals surface area contributed by atoms with Gasteiger partial charge in [0.05, 0.1) is 0 Å². The van der Waals surface area contributed by atoms with E-state index >= 15 is 0 Å². The average Bonchev–Trinajstić information content (AvgIpc) is 2.81. The highest BCUT2D eigenvalue weighted by Crippen LogP contribution is 2.30. The number of hydrogen-bond acceptors (Lipinski definition) is 5. The lowest BCUT2D eigenvalue weighted by atomic mass is 9.94. The number of amides is 1. The van der Waals surface area contributed by atoms with Gasteiger partial charge in [0.25, 0.3) is 5.91 Å². The maximum Gasteiger partial charge on any atom is 0.326 e. The largest absolute Gasteiger partial charge is 0.480 e. The number of carboxylic acid groups (broad SMARTS) is 1. The second kappa shape index (κ2) is 11.7. The van der Waals surface area contributed by atoms with Crippen LogP contribution in [0.25, 0.3) is 11.1 Å². The number of hydrogen-bond donors (Lipinski definition) is 2. The van der Waals surface area contributed by atoms with Crippen molar-refractivity contribution in [2.24, 2.45) is 0 Å². The van der Waals surface area contributed by atoms with E-state index in [0.29, 0.717) is 17.7 Å². The molecule has 0 spiro atoms. The van der Waals surface area contributed by atoms with E-state index in [4.69, 9.17) is 0 Å². The minimum Gasteiger partial charge on any atom is -0.480 e. The Balaban J connectivity index is 1.91. The minimum absolute atomic E-state index is 0.372. The Morgan fingerprint density at radius 3 is 2.59 bits per heavy atom. The van der Waals surface area contributed by atoms with Crippen LogP contribution in [-0.2, 0) is 10.5 Å². The molecule has 1 amide bonds. The quantitative estimate of drug-likeness (QED) is 0.396. The number of benzene rings is 2. The number of aryl methyl sites for hydroxylation is 1. The number of thioether (sulfide) groups is 2. The van der Waals surface area contributed by atoms with Gasteiger partial charge in [0.15, 0.2) is 0 Å². The van der Waals surface area contributed by atoms with Gasteiger partial charge in [-0.1, -0.05) is 30.3 Å². The zero-order chi connectivity index (χ0) is 22.9. The lowest BCUT2D eigenvalue weighted by molar-refractivity contribution is -0.139. The second-order valence-electron chi connectivity index (χ2n) is 7.32. The SMILES string of the molecule is CSCC[C@H](NC(=O)c1ccc(CSc2cccnc2)cc1-c1ccccc1C)C(=O)O. The van der Waals surface area contributed by atoms with Crippen molar-refractivity contribution in [1.29, 1.82) is 0 Å². The molecule has 0 saturated heterocycles. The van der Waals surface area contributed by atoms with E-state index in [2.05, 4.69) is 10.3 Å². The Bertz CT molecular complexity index is 1070. The number of carbonyl (C=O) groups is 2. The van der Waals surface area contributed by atoms with Gasteiger partial charge in [-0.25, -0.2) is 4.79 Å². The van der Waals surface area contributed by atoms with Gasteiger partial charge in [-0.3, -0.25) is 9.78 Å². The number of nitrogens with zero attached hydrogens (tertiary/aromatic N) is 1. The zero-order valence-corrected chi connectivity index (χ0v) is 19.7. The molecule has 2 aromatic carbocycles. The van der Waals surface area contributed by atoms with Gasteiger partial charge in [0.2, 0.25) is 0 Å². The van der Waals surface area contributed by atoms with Crippen LogP contribution in [0, 0.1) is 6.92 Å². The Kier molecular flexibility index (Phi) is 8.76. The summed E-state index contributed by atoms with van der Waals surface area (Å²) in [6.45, 7) is 2.01. The molecule has 1 aromatic heterocycles. The molecule has 3 rings (SSSR count). The molecule has 0 aliphatic carbocycles. The molecule has 0 saturated carbocycles. The molecule has 0 radical (unpaired) electrons. The number of carboxylic acids is 1. The van der Waals surface area contributed by atoms with Crippen molar-refractivity contribution < 1.29 is 14.7 Å². The molecule has 0 bridgehead atoms. The summed E-state index contributed by atoms with van der Waals surface area (Å²) in [5.41, 5.74) is 4.37. The normalized spacial score (nSPS) is 11.7. The Morgan fingerprint density at radius 2 is 1.91 bits per heavy atom. The molecule has 0 aliphatic heterocycles. The van der Waals surface area contributed by atoms with Crippen molar-refractivity contribution in [2.45, 2.75) is 30.0 Å². The van der Waals surface area contributed by atoms with Crippen LogP contribution in [0.4, 0.5) is 0 Å². The maximum atomic E-state index is 13.1. The number of nitrogens with one attached hydrogen (secondary N) is 1. The van der Waals surface area contributed by atoms with Crippen molar-refractivity contribution >= 4 is 35.4 Å². The first-order chi connectivity index (χ1) is 15.5. The third-order valence-electron chi connectivity index (χ3n) is 5.02. The highest BCUT2D eigenvalue weighted by Gasteiger charge is 2.22. The van der Waals surface area contributed by atoms with Gasteiger partial charge in [-0.15, -0.1) is 11.8 Å². The fraction of sp³-hybridized carbons (Fsp3) is 0.240. The Labute approximate surface area is 197 Å². The maximum absolute atomic E-state index is 13.1. The summed E-state index contributed by atoms with van der Waals surface area (Å²) in [4.78, 5) is 30.0. The predicted octanol–water partition coefficient (Wildman–Crippen LogP) is 5.29. The summed E-state index contributed by atoms with van der Waals surface area (Å²) in [5.74, 6) is 0.00205. The summed E-state index contributed by atoms with van der Waals surface area (Å²) >= 11 is 3.23. The van der Waals surface area contributed by atoms with Crippen LogP contribution in [0.15, 0.2) is 71.9 Å². The van der Waals surface area contributed by atoms with E-state index in [0.717, 1.165) is 32.9 Å². The second-order valence-corrected chi connectivity index (χ2v) is 9.35. The average molecular weight is 467 g/mol. The first kappa shape index (κ1) is 23.9. The van der Waals surface area contributed by atoms with Crippen molar-refractivity contribution in [3.63, 3.8) is 0 Å². The van der Waals surface area contributed by atoms with Gasteiger partial charge in [-0.05, 0) is 71.9 Å². The van der Waals surface area contributed by atoms with Gasteiger partial charge >= 0.3 is 5.97 Å². The van der Waals surface area contributed by atoms with Crippen LogP contribution in [-0.4, -0.2) is 40.0 Å². The van der Waals surface area contributed by atoms with E-state index in [-0.39, 0.29) is 5.91 Å². The summed E-state index contributed by atoms with van der Waals surface area (Å²) in [7, 11) is 0. The van der Waals surface area contributed by atoms with Crippen LogP contribution in [0.3, 0.4) is 0 Å². The molecule has 0 fully saturated rings. The summed E-state index contributed by atoms with van der Waals surface area (Å²) in [6.07, 6.45) is 5.87. The molecule has 3 aromatic rings. The lowest BCUT2D eigenvalue weighted by Gasteiger charge is -2.17. The number of carbonyl (C=O) groups excluding carboxylic acids is 1. The van der Waals surface area contributed by atoms with Gasteiger partial charge in [-0.2, -0.15) is 11.8 Å². The van der Waals surface area contributed by atoms with Gasteiger partial charge in [0, 0.05) is 28.6 Å². The first-order valence-electron chi connectivity index (χ1n) is 10.2. The van der Waals surface area contributed by atoms with Crippen LogP contribution in [0.2, 0.25) is 0 Å². The topological polar surface area (TPSA) is 79.3 Å². The van der Waals surface area contributed by atoms with E-state index in [1.807, 2.05) is 67.9 Å². The standard InChI is InChI=1S/C25H26N2O3S2/c1-17-6-3-4-8-20(17)22-14-18(16-32-19-7-5-12-26-15-19)9-10-21(22)24(28)27-23(25(29)30)11-13-31-2/h3-10,12,14-15,23H,11,13,16H2,1-2H3,(H,27,28)(H,29,30)/t23-/m0/s1. The summed E-state index contributed by atoms with van der Waals surface area (Å²) in [6, 6.07) is 16.7. The van der Waals surface area contributed by atoms with Crippen molar-refractivity contribution in [1.82, 2.24) is 10.3 Å². The van der Waals surface area contributed by atoms with E-state index in [1.54, 1.807) is 35.8 Å². The molecular weight excluding hydrogens is 440 g/mol. The van der Waals surface area contributed by atoms with Crippen LogP contribution in [0.5, 0.6) is 0 Å². The highest BCUT2D eigenvalue weighted by atomic mass is 32.2. The number of rotatable bonds is 10. The molecule has 5 nitrogen and oxygen atoms in total. The van der Waals surface area contributed by atoms with Gasteiger partial charge in [0.1, 0.15) is 6.04 Å². The van der Waals surface area contributed by atoms with Crippen molar-refractivity contribution in [2.75, 3.05) is 12.0 Å². The van der Waals surface area contributed by atoms with Crippen LogP contribution in [0.1, 0.15) is 27.9 Å². The smallest absolute Gasteiger partial charge is 0.326 e. The van der Waals surface area contributed by atoms with E-state index < -0.39 is 12.0 Å². The number of aromatic nitrogens is 1. The van der Waals surface area contributed by atoms with Crippen LogP contribution < -0.4 is 5.32 Å². The number of pyridine rings is 1. The molecule has 1 atom stereocenters. The molecule has 7 heteroatoms. The van der Waals surface area contributed by atoms with Crippen molar-refractivity contribution in [3.8, 4) is 11.1 Å². The third kappa shape index (κ3) is 6.37. The van der Waals surface area contributed by atoms with Gasteiger partial charge < -0.3 is 10.4 Å². The third-order valence-corrected chi connectivity index (χ3v) is 6.71.